The maximum absolute atomic E-state index is 12.2. The van der Waals surface area contributed by atoms with Gasteiger partial charge < -0.3 is 5.73 Å². The molecule has 0 heterocycles. The lowest BCUT2D eigenvalue weighted by atomic mass is 9.91. The summed E-state index contributed by atoms with van der Waals surface area (Å²) in [7, 11) is 0. The average molecular weight is 303 g/mol. The summed E-state index contributed by atoms with van der Waals surface area (Å²) in [5, 5.41) is 2.78. The van der Waals surface area contributed by atoms with Crippen LogP contribution in [0.5, 0.6) is 0 Å². The van der Waals surface area contributed by atoms with E-state index in [1.165, 1.54) is 0 Å². The summed E-state index contributed by atoms with van der Waals surface area (Å²) in [6.07, 6.45) is 0.459. The molecule has 0 spiro atoms. The number of hydrogen-bond donors (Lipinski definition) is 2. The number of primary amides is 1. The molecule has 2 rings (SSSR count). The quantitative estimate of drug-likeness (QED) is 0.911. The van der Waals surface area contributed by atoms with Crippen molar-refractivity contribution in [1.29, 1.82) is 0 Å². The van der Waals surface area contributed by atoms with Crippen LogP contribution in [-0.2, 0) is 11.2 Å². The van der Waals surface area contributed by atoms with Gasteiger partial charge in [0.2, 0.25) is 5.91 Å². The number of carbonyl (C=O) groups excluding carboxylic acids is 2. The van der Waals surface area contributed by atoms with Gasteiger partial charge in [-0.15, -0.1) is 0 Å². The van der Waals surface area contributed by atoms with Gasteiger partial charge in [-0.2, -0.15) is 0 Å². The maximum Gasteiger partial charge on any atom is 0.318 e. The van der Waals surface area contributed by atoms with Crippen LogP contribution in [0.25, 0.3) is 0 Å². The van der Waals surface area contributed by atoms with Gasteiger partial charge in [0.1, 0.15) is 0 Å². The third-order valence-electron chi connectivity index (χ3n) is 3.12. The number of halogens is 1. The molecule has 2 aromatic rings. The van der Waals surface area contributed by atoms with Crippen LogP contribution in [0.2, 0.25) is 5.02 Å². The van der Waals surface area contributed by atoms with Gasteiger partial charge in [0.05, 0.1) is 5.92 Å². The molecule has 1 unspecified atom stereocenters. The Morgan fingerprint density at radius 3 is 2.24 bits per heavy atom. The molecule has 0 bridgehead atoms. The number of urea groups is 1. The Balaban J connectivity index is 2.25. The summed E-state index contributed by atoms with van der Waals surface area (Å²) in [5.74, 6) is -0.900. The zero-order chi connectivity index (χ0) is 15.2. The Morgan fingerprint density at radius 1 is 1.05 bits per heavy atom. The zero-order valence-corrected chi connectivity index (χ0v) is 12.0. The molecule has 0 aromatic heterocycles. The summed E-state index contributed by atoms with van der Waals surface area (Å²) in [5.41, 5.74) is 6.81. The Bertz CT molecular complexity index is 626. The van der Waals surface area contributed by atoms with Crippen molar-refractivity contribution in [2.24, 2.45) is 5.73 Å². The molecule has 2 aromatic carbocycles. The van der Waals surface area contributed by atoms with E-state index >= 15 is 0 Å². The summed E-state index contributed by atoms with van der Waals surface area (Å²) in [4.78, 5) is 23.1. The fourth-order valence-electron chi connectivity index (χ4n) is 2.11. The molecule has 3 amide bonds. The monoisotopic (exact) mass is 302 g/mol. The number of imide groups is 1. The summed E-state index contributed by atoms with van der Waals surface area (Å²) < 4.78 is 0. The molecular formula is C16H15ClN2O2. The fourth-order valence-corrected chi connectivity index (χ4v) is 2.24. The topological polar surface area (TPSA) is 72.2 Å². The first-order chi connectivity index (χ1) is 10.1. The van der Waals surface area contributed by atoms with Crippen molar-refractivity contribution in [2.75, 3.05) is 0 Å². The van der Waals surface area contributed by atoms with Gasteiger partial charge in [0.25, 0.3) is 0 Å². The minimum Gasteiger partial charge on any atom is -0.351 e. The number of nitrogens with two attached hydrogens (primary N) is 1. The minimum atomic E-state index is -0.850. The van der Waals surface area contributed by atoms with Crippen LogP contribution in [0.4, 0.5) is 4.79 Å². The second-order valence-electron chi connectivity index (χ2n) is 4.65. The Labute approximate surface area is 127 Å². The normalized spacial score (nSPS) is 11.7. The largest absolute Gasteiger partial charge is 0.351 e. The Kier molecular flexibility index (Phi) is 4.95. The molecule has 0 aliphatic carbocycles. The highest BCUT2D eigenvalue weighted by atomic mass is 35.5. The number of nitrogens with one attached hydrogen (secondary N) is 1. The van der Waals surface area contributed by atoms with E-state index in [-0.39, 0.29) is 0 Å². The third kappa shape index (κ3) is 4.33. The van der Waals surface area contributed by atoms with Crippen molar-refractivity contribution in [3.63, 3.8) is 0 Å². The SMILES string of the molecule is NC(=O)NC(=O)C(Cc1ccc(Cl)cc1)c1ccccc1. The van der Waals surface area contributed by atoms with Crippen LogP contribution in [0.3, 0.4) is 0 Å². The third-order valence-corrected chi connectivity index (χ3v) is 3.37. The van der Waals surface area contributed by atoms with E-state index in [4.69, 9.17) is 17.3 Å². The van der Waals surface area contributed by atoms with E-state index in [9.17, 15) is 9.59 Å². The molecule has 0 aliphatic rings. The predicted octanol–water partition coefficient (Wildman–Crippen LogP) is 2.86. The summed E-state index contributed by atoms with van der Waals surface area (Å²) >= 11 is 5.86. The first-order valence-electron chi connectivity index (χ1n) is 6.46. The zero-order valence-electron chi connectivity index (χ0n) is 11.3. The van der Waals surface area contributed by atoms with Gasteiger partial charge in [-0.1, -0.05) is 54.1 Å². The first kappa shape index (κ1) is 15.1. The fraction of sp³-hybridized carbons (Fsp3) is 0.125. The van der Waals surface area contributed by atoms with Crippen LogP contribution < -0.4 is 11.1 Å². The molecule has 0 radical (unpaired) electrons. The van der Waals surface area contributed by atoms with Gasteiger partial charge in [-0.3, -0.25) is 10.1 Å². The lowest BCUT2D eigenvalue weighted by molar-refractivity contribution is -0.121. The number of amides is 3. The molecule has 5 heteroatoms. The first-order valence-corrected chi connectivity index (χ1v) is 6.84. The molecule has 108 valence electrons. The number of carbonyl (C=O) groups is 2. The van der Waals surface area contributed by atoms with E-state index in [1.807, 2.05) is 42.5 Å². The second kappa shape index (κ2) is 6.90. The van der Waals surface area contributed by atoms with E-state index < -0.39 is 17.9 Å². The highest BCUT2D eigenvalue weighted by Gasteiger charge is 2.22. The van der Waals surface area contributed by atoms with Crippen LogP contribution in [0.1, 0.15) is 17.0 Å². The molecule has 0 fully saturated rings. The highest BCUT2D eigenvalue weighted by molar-refractivity contribution is 6.30. The lowest BCUT2D eigenvalue weighted by Gasteiger charge is -2.16. The van der Waals surface area contributed by atoms with E-state index in [0.717, 1.165) is 11.1 Å². The molecule has 0 aliphatic heterocycles. The number of rotatable bonds is 4. The van der Waals surface area contributed by atoms with Crippen molar-refractivity contribution in [3.8, 4) is 0 Å². The molecular weight excluding hydrogens is 288 g/mol. The molecule has 0 saturated heterocycles. The highest BCUT2D eigenvalue weighted by Crippen LogP contribution is 2.22. The van der Waals surface area contributed by atoms with Crippen molar-refractivity contribution < 1.29 is 9.59 Å². The van der Waals surface area contributed by atoms with Crippen LogP contribution in [0, 0.1) is 0 Å². The average Bonchev–Trinajstić information content (AvgIpc) is 2.46. The summed E-state index contributed by atoms with van der Waals surface area (Å²) in [6, 6.07) is 15.7. The van der Waals surface area contributed by atoms with E-state index in [0.29, 0.717) is 11.4 Å². The standard InChI is InChI=1S/C16H15ClN2O2/c17-13-8-6-11(7-9-13)10-14(15(20)19-16(18)21)12-4-2-1-3-5-12/h1-9,14H,10H2,(H3,18,19,20,21). The van der Waals surface area contributed by atoms with Gasteiger partial charge in [-0.05, 0) is 29.7 Å². The van der Waals surface area contributed by atoms with Crippen LogP contribution in [-0.4, -0.2) is 11.9 Å². The molecule has 3 N–H and O–H groups in total. The van der Waals surface area contributed by atoms with Crippen molar-refractivity contribution in [3.05, 3.63) is 70.7 Å². The van der Waals surface area contributed by atoms with Crippen LogP contribution in [0.15, 0.2) is 54.6 Å². The molecule has 0 saturated carbocycles. The molecule has 1 atom stereocenters. The molecule has 21 heavy (non-hydrogen) atoms. The lowest BCUT2D eigenvalue weighted by Crippen LogP contribution is -2.38. The minimum absolute atomic E-state index is 0.413. The van der Waals surface area contributed by atoms with Crippen molar-refractivity contribution in [1.82, 2.24) is 5.32 Å². The number of benzene rings is 2. The smallest absolute Gasteiger partial charge is 0.318 e. The van der Waals surface area contributed by atoms with Crippen molar-refractivity contribution in [2.45, 2.75) is 12.3 Å². The Morgan fingerprint density at radius 2 is 1.67 bits per heavy atom. The van der Waals surface area contributed by atoms with Crippen LogP contribution >= 0.6 is 11.6 Å². The van der Waals surface area contributed by atoms with Gasteiger partial charge >= 0.3 is 6.03 Å². The summed E-state index contributed by atoms with van der Waals surface area (Å²) in [6.45, 7) is 0. The number of hydrogen-bond acceptors (Lipinski definition) is 2. The van der Waals surface area contributed by atoms with Gasteiger partial charge in [0.15, 0.2) is 0 Å². The maximum atomic E-state index is 12.2. The second-order valence-corrected chi connectivity index (χ2v) is 5.08. The van der Waals surface area contributed by atoms with Crippen molar-refractivity contribution >= 4 is 23.5 Å². The van der Waals surface area contributed by atoms with Gasteiger partial charge in [0, 0.05) is 5.02 Å². The Hall–Kier alpha value is -2.33. The predicted molar refractivity (Wildman–Crippen MR) is 82.1 cm³/mol. The van der Waals surface area contributed by atoms with E-state index in [1.54, 1.807) is 12.1 Å². The molecule has 4 nitrogen and oxygen atoms in total. The van der Waals surface area contributed by atoms with E-state index in [2.05, 4.69) is 5.32 Å². The van der Waals surface area contributed by atoms with Gasteiger partial charge in [-0.25, -0.2) is 4.79 Å².